The number of carbonyl (C=O) groups excluding carboxylic acids is 1. The minimum Gasteiger partial charge on any atom is -0.489 e. The fourth-order valence-electron chi connectivity index (χ4n) is 2.68. The Morgan fingerprint density at radius 2 is 2.20 bits per heavy atom. The highest BCUT2D eigenvalue weighted by Crippen LogP contribution is 2.30. The van der Waals surface area contributed by atoms with Gasteiger partial charge in [-0.15, -0.1) is 6.42 Å². The van der Waals surface area contributed by atoms with Crippen LogP contribution >= 0.6 is 15.9 Å². The van der Waals surface area contributed by atoms with Gasteiger partial charge in [-0.1, -0.05) is 5.92 Å². The molecule has 0 aromatic heterocycles. The number of rotatable bonds is 3. The molecular weight excluding hydrogens is 389 g/mol. The van der Waals surface area contributed by atoms with Crippen LogP contribution in [0, 0.1) is 24.1 Å². The lowest BCUT2D eigenvalue weighted by Crippen LogP contribution is -2.44. The molecule has 0 radical (unpaired) electrons. The van der Waals surface area contributed by atoms with E-state index in [9.17, 15) is 9.18 Å². The van der Waals surface area contributed by atoms with Crippen LogP contribution in [0.1, 0.15) is 39.2 Å². The molecular formula is C19H23BrFNO3. The summed E-state index contributed by atoms with van der Waals surface area (Å²) in [5.41, 5.74) is -0.0710. The molecule has 1 aliphatic heterocycles. The van der Waals surface area contributed by atoms with E-state index >= 15 is 0 Å². The van der Waals surface area contributed by atoms with E-state index in [1.54, 1.807) is 11.0 Å². The van der Waals surface area contributed by atoms with Crippen molar-refractivity contribution in [2.75, 3.05) is 19.7 Å². The molecule has 0 N–H and O–H groups in total. The zero-order valence-electron chi connectivity index (χ0n) is 14.8. The van der Waals surface area contributed by atoms with Crippen molar-refractivity contribution < 1.29 is 18.7 Å². The maximum Gasteiger partial charge on any atom is 0.410 e. The molecule has 1 aliphatic rings. The molecule has 1 fully saturated rings. The smallest absolute Gasteiger partial charge is 0.410 e. The van der Waals surface area contributed by atoms with E-state index in [1.165, 1.54) is 6.07 Å². The summed E-state index contributed by atoms with van der Waals surface area (Å²) in [6, 6.07) is 2.92. The quantitative estimate of drug-likeness (QED) is 0.682. The third-order valence-corrected chi connectivity index (χ3v) is 4.39. The maximum absolute atomic E-state index is 14.1. The molecule has 1 amide bonds. The Balaban J connectivity index is 1.95. The molecule has 1 atom stereocenters. The Hall–Kier alpha value is -1.74. The fourth-order valence-corrected chi connectivity index (χ4v) is 3.23. The highest BCUT2D eigenvalue weighted by molar-refractivity contribution is 9.10. The highest BCUT2D eigenvalue weighted by atomic mass is 79.9. The number of amides is 1. The van der Waals surface area contributed by atoms with E-state index in [0.29, 0.717) is 29.7 Å². The Morgan fingerprint density at radius 1 is 1.48 bits per heavy atom. The number of benzene rings is 1. The lowest BCUT2D eigenvalue weighted by Gasteiger charge is -2.34. The van der Waals surface area contributed by atoms with Gasteiger partial charge in [-0.3, -0.25) is 0 Å². The van der Waals surface area contributed by atoms with Crippen molar-refractivity contribution in [2.45, 2.75) is 39.2 Å². The van der Waals surface area contributed by atoms with Gasteiger partial charge in [-0.25, -0.2) is 9.18 Å². The lowest BCUT2D eigenvalue weighted by molar-refractivity contribution is 0.0138. The van der Waals surface area contributed by atoms with Crippen molar-refractivity contribution >= 4 is 22.0 Å². The molecule has 2 rings (SSSR count). The second kappa shape index (κ2) is 8.09. The lowest BCUT2D eigenvalue weighted by atomic mass is 9.99. The van der Waals surface area contributed by atoms with Crippen LogP contribution in [-0.4, -0.2) is 36.3 Å². The predicted molar refractivity (Wildman–Crippen MR) is 98.1 cm³/mol. The van der Waals surface area contributed by atoms with Crippen LogP contribution in [0.4, 0.5) is 9.18 Å². The predicted octanol–water partition coefficient (Wildman–Crippen LogP) is 4.60. The first-order valence-electron chi connectivity index (χ1n) is 8.26. The Morgan fingerprint density at radius 3 is 2.80 bits per heavy atom. The first kappa shape index (κ1) is 19.6. The van der Waals surface area contributed by atoms with Crippen molar-refractivity contribution in [3.63, 3.8) is 0 Å². The van der Waals surface area contributed by atoms with E-state index in [0.717, 1.165) is 12.8 Å². The van der Waals surface area contributed by atoms with Crippen LogP contribution in [0.15, 0.2) is 16.6 Å². The van der Waals surface area contributed by atoms with Gasteiger partial charge in [-0.2, -0.15) is 0 Å². The average Bonchev–Trinajstić information content (AvgIpc) is 2.52. The topological polar surface area (TPSA) is 38.8 Å². The van der Waals surface area contributed by atoms with E-state index in [4.69, 9.17) is 15.9 Å². The zero-order valence-corrected chi connectivity index (χ0v) is 16.4. The van der Waals surface area contributed by atoms with Crippen LogP contribution in [-0.2, 0) is 4.74 Å². The molecule has 6 heteroatoms. The number of likely N-dealkylation sites (tertiary alicyclic amines) is 1. The van der Waals surface area contributed by atoms with Crippen LogP contribution in [0.5, 0.6) is 5.75 Å². The SMILES string of the molecule is C#Cc1cc(F)c(OCC2CCCN(C(=O)OC(C)(C)C)C2)c(Br)c1. The second-order valence-corrected chi connectivity index (χ2v) is 8.01. The molecule has 0 bridgehead atoms. The number of nitrogens with zero attached hydrogens (tertiary/aromatic N) is 1. The monoisotopic (exact) mass is 411 g/mol. The third-order valence-electron chi connectivity index (χ3n) is 3.80. The summed E-state index contributed by atoms with van der Waals surface area (Å²) < 4.78 is 25.7. The standard InChI is InChI=1S/C19H23BrFNO3/c1-5-13-9-15(20)17(16(21)10-13)24-12-14-7-6-8-22(11-14)18(23)25-19(2,3)4/h1,9-10,14H,6-8,11-12H2,2-4H3. The van der Waals surface area contributed by atoms with Crippen molar-refractivity contribution in [2.24, 2.45) is 5.92 Å². The molecule has 1 unspecified atom stereocenters. The minimum absolute atomic E-state index is 0.125. The van der Waals surface area contributed by atoms with Gasteiger partial charge in [0.1, 0.15) is 5.60 Å². The van der Waals surface area contributed by atoms with Gasteiger partial charge in [0.2, 0.25) is 0 Å². The van der Waals surface area contributed by atoms with E-state index in [1.807, 2.05) is 20.8 Å². The molecule has 25 heavy (non-hydrogen) atoms. The van der Waals surface area contributed by atoms with Gasteiger partial charge in [-0.05, 0) is 61.7 Å². The number of halogens is 2. The van der Waals surface area contributed by atoms with Gasteiger partial charge in [0.25, 0.3) is 0 Å². The number of hydrogen-bond donors (Lipinski definition) is 0. The third kappa shape index (κ3) is 5.64. The average molecular weight is 412 g/mol. The maximum atomic E-state index is 14.1. The van der Waals surface area contributed by atoms with Gasteiger partial charge in [0.05, 0.1) is 11.1 Å². The van der Waals surface area contributed by atoms with Gasteiger partial charge in [0.15, 0.2) is 11.6 Å². The van der Waals surface area contributed by atoms with Crippen LogP contribution in [0.2, 0.25) is 0 Å². The molecule has 136 valence electrons. The molecule has 0 spiro atoms. The molecule has 1 heterocycles. The number of ether oxygens (including phenoxy) is 2. The van der Waals surface area contributed by atoms with E-state index < -0.39 is 11.4 Å². The minimum atomic E-state index is -0.521. The van der Waals surface area contributed by atoms with E-state index in [2.05, 4.69) is 21.9 Å². The molecule has 0 aliphatic carbocycles. The summed E-state index contributed by atoms with van der Waals surface area (Å²) in [7, 11) is 0. The number of terminal acetylenes is 1. The van der Waals surface area contributed by atoms with Crippen LogP contribution < -0.4 is 4.74 Å². The largest absolute Gasteiger partial charge is 0.489 e. The summed E-state index contributed by atoms with van der Waals surface area (Å²) >= 11 is 3.29. The molecule has 1 aromatic rings. The highest BCUT2D eigenvalue weighted by Gasteiger charge is 2.28. The zero-order chi connectivity index (χ0) is 18.6. The van der Waals surface area contributed by atoms with Gasteiger partial charge < -0.3 is 14.4 Å². The molecule has 0 saturated carbocycles. The second-order valence-electron chi connectivity index (χ2n) is 7.16. The van der Waals surface area contributed by atoms with Crippen molar-refractivity contribution in [3.8, 4) is 18.1 Å². The molecule has 4 nitrogen and oxygen atoms in total. The Labute approximate surface area is 156 Å². The first-order valence-corrected chi connectivity index (χ1v) is 9.05. The normalized spacial score (nSPS) is 17.8. The number of carbonyl (C=O) groups is 1. The van der Waals surface area contributed by atoms with E-state index in [-0.39, 0.29) is 17.8 Å². The number of hydrogen-bond acceptors (Lipinski definition) is 3. The number of piperidine rings is 1. The molecule has 1 aromatic carbocycles. The van der Waals surface area contributed by atoms with Crippen molar-refractivity contribution in [3.05, 3.63) is 28.0 Å². The summed E-state index contributed by atoms with van der Waals surface area (Å²) in [6.07, 6.45) is 6.76. The van der Waals surface area contributed by atoms with Crippen LogP contribution in [0.3, 0.4) is 0 Å². The van der Waals surface area contributed by atoms with Crippen LogP contribution in [0.25, 0.3) is 0 Å². The summed E-state index contributed by atoms with van der Waals surface area (Å²) in [6.45, 7) is 7.06. The summed E-state index contributed by atoms with van der Waals surface area (Å²) in [5, 5.41) is 0. The Kier molecular flexibility index (Phi) is 6.34. The van der Waals surface area contributed by atoms with Crippen molar-refractivity contribution in [1.29, 1.82) is 0 Å². The van der Waals surface area contributed by atoms with Gasteiger partial charge >= 0.3 is 6.09 Å². The molecule has 1 saturated heterocycles. The van der Waals surface area contributed by atoms with Crippen molar-refractivity contribution in [1.82, 2.24) is 4.90 Å². The summed E-state index contributed by atoms with van der Waals surface area (Å²) in [5.74, 6) is 2.17. The first-order chi connectivity index (χ1) is 11.7. The summed E-state index contributed by atoms with van der Waals surface area (Å²) in [4.78, 5) is 13.9. The fraction of sp³-hybridized carbons (Fsp3) is 0.526. The Bertz CT molecular complexity index is 655. The van der Waals surface area contributed by atoms with Gasteiger partial charge in [0, 0.05) is 24.6 Å².